The van der Waals surface area contributed by atoms with E-state index in [1.807, 2.05) is 12.1 Å². The molecule has 0 aromatic heterocycles. The van der Waals surface area contributed by atoms with Crippen molar-refractivity contribution < 1.29 is 4.39 Å². The molecule has 2 aliphatic carbocycles. The first-order valence-electron chi connectivity index (χ1n) is 7.66. The first kappa shape index (κ1) is 13.1. The summed E-state index contributed by atoms with van der Waals surface area (Å²) >= 11 is 0. The number of hydrogen-bond donors (Lipinski definition) is 1. The topological polar surface area (TPSA) is 12.0 Å². The minimum Gasteiger partial charge on any atom is -0.307 e. The van der Waals surface area contributed by atoms with Crippen LogP contribution in [0.1, 0.15) is 51.1 Å². The molecule has 0 heterocycles. The van der Waals surface area contributed by atoms with Crippen LogP contribution < -0.4 is 5.32 Å². The Labute approximate surface area is 115 Å². The largest absolute Gasteiger partial charge is 0.307 e. The maximum absolute atomic E-state index is 13.1. The molecule has 2 aliphatic rings. The fourth-order valence-corrected chi connectivity index (χ4v) is 3.43. The molecule has 1 N–H and O–H groups in total. The predicted octanol–water partition coefficient (Wildman–Crippen LogP) is 4.30. The van der Waals surface area contributed by atoms with E-state index in [-0.39, 0.29) is 5.82 Å². The van der Waals surface area contributed by atoms with Gasteiger partial charge < -0.3 is 5.32 Å². The number of rotatable bonds is 4. The van der Waals surface area contributed by atoms with Gasteiger partial charge in [0.1, 0.15) is 5.82 Å². The lowest BCUT2D eigenvalue weighted by Crippen LogP contribution is -2.36. The van der Waals surface area contributed by atoms with E-state index >= 15 is 0 Å². The van der Waals surface area contributed by atoms with Gasteiger partial charge in [-0.2, -0.15) is 0 Å². The Kier molecular flexibility index (Phi) is 3.62. The van der Waals surface area contributed by atoms with Crippen molar-refractivity contribution in [3.63, 3.8) is 0 Å². The van der Waals surface area contributed by atoms with Crippen LogP contribution in [0.3, 0.4) is 0 Å². The molecule has 4 atom stereocenters. The Balaban J connectivity index is 1.73. The molecule has 0 bridgehead atoms. The summed E-state index contributed by atoms with van der Waals surface area (Å²) in [5, 5.41) is 3.87. The third-order valence-corrected chi connectivity index (χ3v) is 5.18. The number of halogens is 1. The monoisotopic (exact) mass is 261 g/mol. The maximum atomic E-state index is 13.1. The second kappa shape index (κ2) is 5.24. The van der Waals surface area contributed by atoms with Crippen LogP contribution in [0.4, 0.5) is 4.39 Å². The lowest BCUT2D eigenvalue weighted by molar-refractivity contribution is 0.324. The van der Waals surface area contributed by atoms with Gasteiger partial charge in [0.2, 0.25) is 0 Å². The van der Waals surface area contributed by atoms with E-state index in [1.165, 1.54) is 31.2 Å². The molecule has 2 fully saturated rings. The second-order valence-corrected chi connectivity index (χ2v) is 6.55. The van der Waals surface area contributed by atoms with Crippen molar-refractivity contribution in [3.8, 4) is 0 Å². The SMILES string of the molecule is CC1CCC(NC(c2ccc(F)cc2)C2CC2)C1C. The molecule has 104 valence electrons. The molecule has 2 saturated carbocycles. The van der Waals surface area contributed by atoms with Gasteiger partial charge in [-0.05, 0) is 61.1 Å². The molecule has 1 nitrogen and oxygen atoms in total. The van der Waals surface area contributed by atoms with E-state index < -0.39 is 0 Å². The van der Waals surface area contributed by atoms with Gasteiger partial charge in [0, 0.05) is 12.1 Å². The lowest BCUT2D eigenvalue weighted by atomic mass is 9.95. The van der Waals surface area contributed by atoms with Crippen molar-refractivity contribution in [2.75, 3.05) is 0 Å². The minimum atomic E-state index is -0.138. The standard InChI is InChI=1S/C17H24FN/c1-11-3-10-16(12(11)2)19-17(13-4-5-13)14-6-8-15(18)9-7-14/h6-9,11-13,16-17,19H,3-5,10H2,1-2H3. The summed E-state index contributed by atoms with van der Waals surface area (Å²) in [6.07, 6.45) is 5.24. The summed E-state index contributed by atoms with van der Waals surface area (Å²) in [4.78, 5) is 0. The van der Waals surface area contributed by atoms with Crippen molar-refractivity contribution in [1.29, 1.82) is 0 Å². The highest BCUT2D eigenvalue weighted by atomic mass is 19.1. The van der Waals surface area contributed by atoms with Crippen molar-refractivity contribution in [3.05, 3.63) is 35.6 Å². The molecular formula is C17H24FN. The van der Waals surface area contributed by atoms with E-state index in [1.54, 1.807) is 12.1 Å². The molecule has 3 rings (SSSR count). The summed E-state index contributed by atoms with van der Waals surface area (Å²) in [5.74, 6) is 2.20. The van der Waals surface area contributed by atoms with Gasteiger partial charge in [0.05, 0.1) is 0 Å². The summed E-state index contributed by atoms with van der Waals surface area (Å²) < 4.78 is 13.1. The highest BCUT2D eigenvalue weighted by Gasteiger charge is 2.37. The Morgan fingerprint density at radius 3 is 2.26 bits per heavy atom. The highest BCUT2D eigenvalue weighted by Crippen LogP contribution is 2.43. The van der Waals surface area contributed by atoms with E-state index in [9.17, 15) is 4.39 Å². The van der Waals surface area contributed by atoms with Crippen molar-refractivity contribution in [2.24, 2.45) is 17.8 Å². The van der Waals surface area contributed by atoms with Crippen LogP contribution in [-0.2, 0) is 0 Å². The average molecular weight is 261 g/mol. The third-order valence-electron chi connectivity index (χ3n) is 5.18. The lowest BCUT2D eigenvalue weighted by Gasteiger charge is -2.27. The van der Waals surface area contributed by atoms with Crippen LogP contribution in [0.15, 0.2) is 24.3 Å². The molecule has 0 saturated heterocycles. The zero-order valence-corrected chi connectivity index (χ0v) is 11.9. The van der Waals surface area contributed by atoms with Gasteiger partial charge in [-0.15, -0.1) is 0 Å². The van der Waals surface area contributed by atoms with Gasteiger partial charge in [-0.1, -0.05) is 26.0 Å². The van der Waals surface area contributed by atoms with E-state index in [0.717, 1.165) is 17.8 Å². The molecular weight excluding hydrogens is 237 g/mol. The van der Waals surface area contributed by atoms with Gasteiger partial charge >= 0.3 is 0 Å². The average Bonchev–Trinajstić information content (AvgIpc) is 3.19. The van der Waals surface area contributed by atoms with E-state index in [4.69, 9.17) is 0 Å². The normalized spacial score (nSPS) is 32.5. The number of hydrogen-bond acceptors (Lipinski definition) is 1. The molecule has 1 aromatic carbocycles. The number of nitrogens with one attached hydrogen (secondary N) is 1. The van der Waals surface area contributed by atoms with Crippen molar-refractivity contribution >= 4 is 0 Å². The number of benzene rings is 1. The summed E-state index contributed by atoms with van der Waals surface area (Å²) in [6.45, 7) is 4.72. The van der Waals surface area contributed by atoms with Gasteiger partial charge in [0.15, 0.2) is 0 Å². The van der Waals surface area contributed by atoms with Gasteiger partial charge in [-0.25, -0.2) is 4.39 Å². The molecule has 0 aliphatic heterocycles. The quantitative estimate of drug-likeness (QED) is 0.852. The van der Waals surface area contributed by atoms with Crippen molar-refractivity contribution in [2.45, 2.75) is 51.6 Å². The van der Waals surface area contributed by atoms with Gasteiger partial charge in [0.25, 0.3) is 0 Å². The van der Waals surface area contributed by atoms with Crippen LogP contribution in [0.25, 0.3) is 0 Å². The Morgan fingerprint density at radius 1 is 1.05 bits per heavy atom. The molecule has 1 aromatic rings. The highest BCUT2D eigenvalue weighted by molar-refractivity contribution is 5.22. The summed E-state index contributed by atoms with van der Waals surface area (Å²) in [6, 6.07) is 8.15. The van der Waals surface area contributed by atoms with E-state index in [0.29, 0.717) is 12.1 Å². The van der Waals surface area contributed by atoms with Crippen molar-refractivity contribution in [1.82, 2.24) is 5.32 Å². The third kappa shape index (κ3) is 2.84. The zero-order valence-electron chi connectivity index (χ0n) is 11.9. The van der Waals surface area contributed by atoms with Crippen LogP contribution >= 0.6 is 0 Å². The smallest absolute Gasteiger partial charge is 0.123 e. The van der Waals surface area contributed by atoms with E-state index in [2.05, 4.69) is 19.2 Å². The molecule has 4 unspecified atom stereocenters. The maximum Gasteiger partial charge on any atom is 0.123 e. The first-order chi connectivity index (χ1) is 9.15. The van der Waals surface area contributed by atoms with Crippen LogP contribution in [0, 0.1) is 23.6 Å². The summed E-state index contributed by atoms with van der Waals surface area (Å²) in [5.41, 5.74) is 1.26. The fourth-order valence-electron chi connectivity index (χ4n) is 3.43. The zero-order chi connectivity index (χ0) is 13.4. The Morgan fingerprint density at radius 2 is 1.74 bits per heavy atom. The molecule has 0 amide bonds. The molecule has 0 radical (unpaired) electrons. The minimum absolute atomic E-state index is 0.138. The van der Waals surface area contributed by atoms with Crippen LogP contribution in [0.5, 0.6) is 0 Å². The molecule has 2 heteroatoms. The van der Waals surface area contributed by atoms with Crippen LogP contribution in [0.2, 0.25) is 0 Å². The Hall–Kier alpha value is -0.890. The first-order valence-corrected chi connectivity index (χ1v) is 7.66. The van der Waals surface area contributed by atoms with Crippen LogP contribution in [-0.4, -0.2) is 6.04 Å². The predicted molar refractivity (Wildman–Crippen MR) is 76.4 cm³/mol. The second-order valence-electron chi connectivity index (χ2n) is 6.55. The molecule has 19 heavy (non-hydrogen) atoms. The fraction of sp³-hybridized carbons (Fsp3) is 0.647. The van der Waals surface area contributed by atoms with Gasteiger partial charge in [-0.3, -0.25) is 0 Å². The summed E-state index contributed by atoms with van der Waals surface area (Å²) in [7, 11) is 0. The Bertz CT molecular complexity index is 423. The molecule has 0 spiro atoms.